The van der Waals surface area contributed by atoms with Crippen LogP contribution in [0.3, 0.4) is 0 Å². The summed E-state index contributed by atoms with van der Waals surface area (Å²) in [7, 11) is 0. The smallest absolute Gasteiger partial charge is 0.0817 e. The van der Waals surface area contributed by atoms with E-state index in [2.05, 4.69) is 28.9 Å². The molecule has 102 valence electrons. The molecule has 1 N–H and O–H groups in total. The summed E-state index contributed by atoms with van der Waals surface area (Å²) in [6.45, 7) is 6.38. The van der Waals surface area contributed by atoms with E-state index >= 15 is 0 Å². The summed E-state index contributed by atoms with van der Waals surface area (Å²) in [6, 6.07) is 0.663. The monoisotopic (exact) mass is 269 g/mol. The Balaban J connectivity index is 1.93. The Bertz CT molecular complexity index is 371. The number of hydrogen-bond acceptors (Lipinski definition) is 2. The second kappa shape index (κ2) is 6.58. The molecule has 1 fully saturated rings. The molecule has 0 spiro atoms. The van der Waals surface area contributed by atoms with Crippen LogP contribution in [0.2, 0.25) is 5.02 Å². The zero-order valence-electron chi connectivity index (χ0n) is 11.5. The lowest BCUT2D eigenvalue weighted by Gasteiger charge is -2.17. The first-order valence-corrected chi connectivity index (χ1v) is 7.57. The standard InChI is InChI=1S/C14H24ClN3/c1-3-9-18-14(12(15)10-17-18)8-7-13(16-4-2)11-5-6-11/h10-11,13,16H,3-9H2,1-2H3. The number of nitrogens with zero attached hydrogens (tertiary/aromatic N) is 2. The number of aryl methyl sites for hydroxylation is 1. The van der Waals surface area contributed by atoms with Crippen LogP contribution in [0.15, 0.2) is 6.20 Å². The van der Waals surface area contributed by atoms with E-state index in [0.29, 0.717) is 6.04 Å². The molecule has 1 aliphatic rings. The molecule has 0 radical (unpaired) electrons. The molecule has 1 aromatic heterocycles. The van der Waals surface area contributed by atoms with E-state index in [9.17, 15) is 0 Å². The van der Waals surface area contributed by atoms with Gasteiger partial charge in [-0.3, -0.25) is 4.68 Å². The molecule has 2 rings (SSSR count). The number of aromatic nitrogens is 2. The second-order valence-corrected chi connectivity index (χ2v) is 5.61. The normalized spacial score (nSPS) is 17.1. The molecule has 18 heavy (non-hydrogen) atoms. The van der Waals surface area contributed by atoms with E-state index in [1.807, 2.05) is 0 Å². The van der Waals surface area contributed by atoms with Crippen molar-refractivity contribution in [2.24, 2.45) is 5.92 Å². The van der Waals surface area contributed by atoms with Crippen LogP contribution in [-0.2, 0) is 13.0 Å². The average Bonchev–Trinajstić information content (AvgIpc) is 3.13. The highest BCUT2D eigenvalue weighted by molar-refractivity contribution is 6.31. The molecule has 4 heteroatoms. The summed E-state index contributed by atoms with van der Waals surface area (Å²) in [5, 5.41) is 8.79. The Morgan fingerprint density at radius 3 is 2.89 bits per heavy atom. The van der Waals surface area contributed by atoms with Crippen molar-refractivity contribution < 1.29 is 0 Å². The largest absolute Gasteiger partial charge is 0.314 e. The predicted molar refractivity (Wildman–Crippen MR) is 76.0 cm³/mol. The maximum absolute atomic E-state index is 6.23. The summed E-state index contributed by atoms with van der Waals surface area (Å²) >= 11 is 6.23. The van der Waals surface area contributed by atoms with Gasteiger partial charge < -0.3 is 5.32 Å². The minimum Gasteiger partial charge on any atom is -0.314 e. The molecule has 1 aromatic rings. The van der Waals surface area contributed by atoms with Crippen LogP contribution in [0.25, 0.3) is 0 Å². The van der Waals surface area contributed by atoms with Crippen molar-refractivity contribution >= 4 is 11.6 Å². The zero-order valence-corrected chi connectivity index (χ0v) is 12.2. The van der Waals surface area contributed by atoms with E-state index < -0.39 is 0 Å². The van der Waals surface area contributed by atoms with Crippen molar-refractivity contribution in [2.45, 2.75) is 58.5 Å². The van der Waals surface area contributed by atoms with Gasteiger partial charge in [0.1, 0.15) is 0 Å². The lowest BCUT2D eigenvalue weighted by molar-refractivity contribution is 0.437. The summed E-state index contributed by atoms with van der Waals surface area (Å²) in [5.41, 5.74) is 1.21. The van der Waals surface area contributed by atoms with Gasteiger partial charge in [-0.2, -0.15) is 5.10 Å². The SMILES string of the molecule is CCCn1ncc(Cl)c1CCC(NCC)C1CC1. The van der Waals surface area contributed by atoms with Gasteiger partial charge in [0.05, 0.1) is 16.9 Å². The molecule has 3 nitrogen and oxygen atoms in total. The van der Waals surface area contributed by atoms with Crippen LogP contribution in [0.5, 0.6) is 0 Å². The molecule has 0 aliphatic heterocycles. The summed E-state index contributed by atoms with van der Waals surface area (Å²) in [6.07, 6.45) is 7.87. The zero-order chi connectivity index (χ0) is 13.0. The van der Waals surface area contributed by atoms with Crippen LogP contribution in [0, 0.1) is 5.92 Å². The fraction of sp³-hybridized carbons (Fsp3) is 0.786. The number of halogens is 1. The van der Waals surface area contributed by atoms with Gasteiger partial charge in [-0.25, -0.2) is 0 Å². The highest BCUT2D eigenvalue weighted by Crippen LogP contribution is 2.34. The quantitative estimate of drug-likeness (QED) is 0.785. The van der Waals surface area contributed by atoms with Crippen LogP contribution in [0.4, 0.5) is 0 Å². The maximum atomic E-state index is 6.23. The minimum atomic E-state index is 0.663. The predicted octanol–water partition coefficient (Wildman–Crippen LogP) is 3.27. The third-order valence-corrected chi connectivity index (χ3v) is 4.00. The van der Waals surface area contributed by atoms with Gasteiger partial charge in [0.25, 0.3) is 0 Å². The van der Waals surface area contributed by atoms with Crippen molar-refractivity contribution in [2.75, 3.05) is 6.54 Å². The highest BCUT2D eigenvalue weighted by Gasteiger charge is 2.30. The van der Waals surface area contributed by atoms with Crippen LogP contribution in [0.1, 0.15) is 45.2 Å². The minimum absolute atomic E-state index is 0.663. The van der Waals surface area contributed by atoms with Crippen molar-refractivity contribution in [3.8, 4) is 0 Å². The molecule has 1 unspecified atom stereocenters. The average molecular weight is 270 g/mol. The Morgan fingerprint density at radius 2 is 2.28 bits per heavy atom. The fourth-order valence-corrected chi connectivity index (χ4v) is 2.83. The Kier molecular flexibility index (Phi) is 5.07. The summed E-state index contributed by atoms with van der Waals surface area (Å²) < 4.78 is 2.07. The van der Waals surface area contributed by atoms with E-state index in [1.54, 1.807) is 6.20 Å². The van der Waals surface area contributed by atoms with Crippen molar-refractivity contribution in [1.29, 1.82) is 0 Å². The van der Waals surface area contributed by atoms with Crippen LogP contribution >= 0.6 is 11.6 Å². The second-order valence-electron chi connectivity index (χ2n) is 5.20. The molecule has 0 bridgehead atoms. The third kappa shape index (κ3) is 3.48. The topological polar surface area (TPSA) is 29.9 Å². The van der Waals surface area contributed by atoms with E-state index in [-0.39, 0.29) is 0 Å². The van der Waals surface area contributed by atoms with Crippen molar-refractivity contribution in [3.63, 3.8) is 0 Å². The molecule has 0 saturated heterocycles. The first kappa shape index (κ1) is 13.9. The lowest BCUT2D eigenvalue weighted by atomic mass is 10.0. The number of nitrogens with one attached hydrogen (secondary N) is 1. The van der Waals surface area contributed by atoms with Gasteiger partial charge in [-0.1, -0.05) is 25.4 Å². The molecule has 1 saturated carbocycles. The fourth-order valence-electron chi connectivity index (χ4n) is 2.60. The molecule has 1 atom stereocenters. The van der Waals surface area contributed by atoms with E-state index in [1.165, 1.54) is 25.0 Å². The van der Waals surface area contributed by atoms with Crippen molar-refractivity contribution in [3.05, 3.63) is 16.9 Å². The van der Waals surface area contributed by atoms with E-state index in [4.69, 9.17) is 11.6 Å². The van der Waals surface area contributed by atoms with Gasteiger partial charge in [-0.05, 0) is 44.6 Å². The number of hydrogen-bond donors (Lipinski definition) is 1. The van der Waals surface area contributed by atoms with Crippen LogP contribution in [-0.4, -0.2) is 22.4 Å². The third-order valence-electron chi connectivity index (χ3n) is 3.68. The summed E-state index contributed by atoms with van der Waals surface area (Å²) in [5.74, 6) is 0.895. The van der Waals surface area contributed by atoms with E-state index in [0.717, 1.165) is 36.9 Å². The molecular formula is C14H24ClN3. The molecule has 0 amide bonds. The molecule has 1 aliphatic carbocycles. The highest BCUT2D eigenvalue weighted by atomic mass is 35.5. The first-order chi connectivity index (χ1) is 8.76. The van der Waals surface area contributed by atoms with Gasteiger partial charge in [0, 0.05) is 12.6 Å². The Morgan fingerprint density at radius 1 is 1.50 bits per heavy atom. The first-order valence-electron chi connectivity index (χ1n) is 7.19. The lowest BCUT2D eigenvalue weighted by Crippen LogP contribution is -2.31. The van der Waals surface area contributed by atoms with Gasteiger partial charge in [0.2, 0.25) is 0 Å². The number of rotatable bonds is 8. The summed E-state index contributed by atoms with van der Waals surface area (Å²) in [4.78, 5) is 0. The Labute approximate surface area is 115 Å². The maximum Gasteiger partial charge on any atom is 0.0817 e. The van der Waals surface area contributed by atoms with Crippen LogP contribution < -0.4 is 5.32 Å². The van der Waals surface area contributed by atoms with Crippen molar-refractivity contribution in [1.82, 2.24) is 15.1 Å². The van der Waals surface area contributed by atoms with Gasteiger partial charge >= 0.3 is 0 Å². The molecular weight excluding hydrogens is 246 g/mol. The Hall–Kier alpha value is -0.540. The van der Waals surface area contributed by atoms with Gasteiger partial charge in [0.15, 0.2) is 0 Å². The molecule has 1 heterocycles. The van der Waals surface area contributed by atoms with Gasteiger partial charge in [-0.15, -0.1) is 0 Å². The molecule has 0 aromatic carbocycles.